The van der Waals surface area contributed by atoms with Crippen LogP contribution in [0.15, 0.2) is 36.5 Å². The molecule has 132 valence electrons. The van der Waals surface area contributed by atoms with E-state index in [4.69, 9.17) is 4.98 Å². The minimum atomic E-state index is 0.370. The summed E-state index contributed by atoms with van der Waals surface area (Å²) < 4.78 is 0. The standard InChI is InChI=1S/C21H28N4/c1-16(17-6-3-2-4-7-17)9-12-25-13-10-19-18(15-25)14-23-21(24-19)20-8-5-11-22-20/h2-4,6-7,14,16,20,22H,5,8-13,15H2,1H3/t16-,20+/m0/s1. The summed E-state index contributed by atoms with van der Waals surface area (Å²) in [6.45, 7) is 6.68. The molecule has 0 unspecified atom stereocenters. The summed E-state index contributed by atoms with van der Waals surface area (Å²) in [5.41, 5.74) is 4.03. The van der Waals surface area contributed by atoms with E-state index < -0.39 is 0 Å². The van der Waals surface area contributed by atoms with Gasteiger partial charge in [0.1, 0.15) is 5.82 Å². The number of hydrogen-bond donors (Lipinski definition) is 1. The largest absolute Gasteiger partial charge is 0.307 e. The topological polar surface area (TPSA) is 41.1 Å². The Morgan fingerprint density at radius 3 is 2.96 bits per heavy atom. The maximum Gasteiger partial charge on any atom is 0.145 e. The van der Waals surface area contributed by atoms with Crippen molar-refractivity contribution in [1.29, 1.82) is 0 Å². The van der Waals surface area contributed by atoms with Crippen LogP contribution >= 0.6 is 0 Å². The van der Waals surface area contributed by atoms with Gasteiger partial charge in [0, 0.05) is 37.0 Å². The number of nitrogens with zero attached hydrogens (tertiary/aromatic N) is 3. The van der Waals surface area contributed by atoms with Crippen molar-refractivity contribution in [2.45, 2.75) is 51.1 Å². The van der Waals surface area contributed by atoms with Gasteiger partial charge >= 0.3 is 0 Å². The third-order valence-electron chi connectivity index (χ3n) is 5.65. The van der Waals surface area contributed by atoms with Crippen LogP contribution in [0.1, 0.15) is 60.8 Å². The molecule has 1 fully saturated rings. The molecule has 0 spiro atoms. The Labute approximate surface area is 150 Å². The Morgan fingerprint density at radius 1 is 1.28 bits per heavy atom. The first-order valence-electron chi connectivity index (χ1n) is 9.65. The molecular formula is C21H28N4. The molecule has 2 aromatic rings. The number of benzene rings is 1. The molecule has 2 aliphatic heterocycles. The van der Waals surface area contributed by atoms with Crippen LogP contribution in [0.25, 0.3) is 0 Å². The molecule has 1 aromatic heterocycles. The van der Waals surface area contributed by atoms with Crippen molar-refractivity contribution in [2.75, 3.05) is 19.6 Å². The molecule has 3 heterocycles. The zero-order chi connectivity index (χ0) is 17.1. The van der Waals surface area contributed by atoms with Crippen LogP contribution < -0.4 is 5.32 Å². The zero-order valence-electron chi connectivity index (χ0n) is 15.1. The molecule has 0 bridgehead atoms. The van der Waals surface area contributed by atoms with Gasteiger partial charge < -0.3 is 5.32 Å². The van der Waals surface area contributed by atoms with E-state index in [1.54, 1.807) is 0 Å². The van der Waals surface area contributed by atoms with Crippen molar-refractivity contribution >= 4 is 0 Å². The summed E-state index contributed by atoms with van der Waals surface area (Å²) in [7, 11) is 0. The van der Waals surface area contributed by atoms with E-state index in [1.165, 1.54) is 36.1 Å². The lowest BCUT2D eigenvalue weighted by atomic mass is 9.97. The minimum absolute atomic E-state index is 0.370. The molecule has 0 radical (unpaired) electrons. The van der Waals surface area contributed by atoms with Gasteiger partial charge in [0.2, 0.25) is 0 Å². The van der Waals surface area contributed by atoms with E-state index in [1.807, 2.05) is 0 Å². The highest BCUT2D eigenvalue weighted by molar-refractivity contribution is 5.22. The van der Waals surface area contributed by atoms with Crippen molar-refractivity contribution < 1.29 is 0 Å². The van der Waals surface area contributed by atoms with Crippen LogP contribution in [-0.2, 0) is 13.0 Å². The van der Waals surface area contributed by atoms with Gasteiger partial charge in [0.05, 0.1) is 6.04 Å². The van der Waals surface area contributed by atoms with Crippen molar-refractivity contribution in [3.8, 4) is 0 Å². The SMILES string of the molecule is C[C@@H](CCN1CCc2nc([C@H]3CCCN3)ncc2C1)c1ccccc1. The highest BCUT2D eigenvalue weighted by Crippen LogP contribution is 2.24. The summed E-state index contributed by atoms with van der Waals surface area (Å²) in [4.78, 5) is 12.1. The van der Waals surface area contributed by atoms with Crippen molar-refractivity contribution in [3.05, 3.63) is 59.2 Å². The fraction of sp³-hybridized carbons (Fsp3) is 0.524. The van der Waals surface area contributed by atoms with Crippen LogP contribution in [-0.4, -0.2) is 34.5 Å². The lowest BCUT2D eigenvalue weighted by molar-refractivity contribution is 0.242. The second-order valence-electron chi connectivity index (χ2n) is 7.48. The van der Waals surface area contributed by atoms with Gasteiger partial charge in [-0.3, -0.25) is 4.90 Å². The van der Waals surface area contributed by atoms with Gasteiger partial charge in [-0.25, -0.2) is 9.97 Å². The zero-order valence-corrected chi connectivity index (χ0v) is 15.1. The number of rotatable bonds is 5. The van der Waals surface area contributed by atoms with E-state index in [9.17, 15) is 0 Å². The van der Waals surface area contributed by atoms with Crippen LogP contribution in [0.4, 0.5) is 0 Å². The molecule has 0 amide bonds. The molecule has 1 N–H and O–H groups in total. The van der Waals surface area contributed by atoms with Crippen molar-refractivity contribution in [1.82, 2.24) is 20.2 Å². The van der Waals surface area contributed by atoms with E-state index >= 15 is 0 Å². The number of fused-ring (bicyclic) bond motifs is 1. The Kier molecular flexibility index (Phi) is 5.09. The van der Waals surface area contributed by atoms with E-state index in [-0.39, 0.29) is 0 Å². The van der Waals surface area contributed by atoms with Gasteiger partial charge in [0.25, 0.3) is 0 Å². The van der Waals surface area contributed by atoms with Crippen molar-refractivity contribution in [2.24, 2.45) is 0 Å². The normalized spacial score (nSPS) is 21.9. The monoisotopic (exact) mass is 336 g/mol. The van der Waals surface area contributed by atoms with Gasteiger partial charge in [-0.1, -0.05) is 37.3 Å². The molecule has 0 aliphatic carbocycles. The molecule has 2 atom stereocenters. The Balaban J connectivity index is 1.35. The molecule has 4 nitrogen and oxygen atoms in total. The molecule has 2 aliphatic rings. The summed E-state index contributed by atoms with van der Waals surface area (Å²) in [6, 6.07) is 11.2. The Morgan fingerprint density at radius 2 is 2.16 bits per heavy atom. The van der Waals surface area contributed by atoms with E-state index in [0.29, 0.717) is 12.0 Å². The first kappa shape index (κ1) is 16.7. The number of hydrogen-bond acceptors (Lipinski definition) is 4. The minimum Gasteiger partial charge on any atom is -0.307 e. The maximum atomic E-state index is 4.87. The van der Waals surface area contributed by atoms with Gasteiger partial charge in [-0.2, -0.15) is 0 Å². The smallest absolute Gasteiger partial charge is 0.145 e. The maximum absolute atomic E-state index is 4.87. The summed E-state index contributed by atoms with van der Waals surface area (Å²) >= 11 is 0. The van der Waals surface area contributed by atoms with Crippen molar-refractivity contribution in [3.63, 3.8) is 0 Å². The second kappa shape index (κ2) is 7.63. The fourth-order valence-electron chi connectivity index (χ4n) is 3.98. The molecule has 0 saturated carbocycles. The molecule has 25 heavy (non-hydrogen) atoms. The Bertz CT molecular complexity index is 694. The number of nitrogens with one attached hydrogen (secondary N) is 1. The van der Waals surface area contributed by atoms with E-state index in [0.717, 1.165) is 38.4 Å². The quantitative estimate of drug-likeness (QED) is 0.908. The van der Waals surface area contributed by atoms with Crippen LogP contribution in [0.2, 0.25) is 0 Å². The first-order valence-corrected chi connectivity index (χ1v) is 9.65. The summed E-state index contributed by atoms with van der Waals surface area (Å²) in [5, 5.41) is 3.50. The van der Waals surface area contributed by atoms with Gasteiger partial charge in [-0.15, -0.1) is 0 Å². The average molecular weight is 336 g/mol. The first-order chi connectivity index (χ1) is 12.3. The van der Waals surface area contributed by atoms with Gasteiger partial charge in [-0.05, 0) is 43.8 Å². The molecule has 4 heteroatoms. The third kappa shape index (κ3) is 3.91. The summed E-state index contributed by atoms with van der Waals surface area (Å²) in [5.74, 6) is 1.61. The van der Waals surface area contributed by atoms with Crippen LogP contribution in [0.3, 0.4) is 0 Å². The molecule has 1 aromatic carbocycles. The third-order valence-corrected chi connectivity index (χ3v) is 5.65. The highest BCUT2D eigenvalue weighted by Gasteiger charge is 2.23. The van der Waals surface area contributed by atoms with Crippen LogP contribution in [0.5, 0.6) is 0 Å². The average Bonchev–Trinajstić information content (AvgIpc) is 3.21. The second-order valence-corrected chi connectivity index (χ2v) is 7.48. The highest BCUT2D eigenvalue weighted by atomic mass is 15.1. The lowest BCUT2D eigenvalue weighted by Crippen LogP contribution is -2.33. The van der Waals surface area contributed by atoms with E-state index in [2.05, 4.69) is 58.7 Å². The molecular weight excluding hydrogens is 308 g/mol. The van der Waals surface area contributed by atoms with Gasteiger partial charge in [0.15, 0.2) is 0 Å². The molecule has 4 rings (SSSR count). The lowest BCUT2D eigenvalue weighted by Gasteiger charge is -2.29. The fourth-order valence-corrected chi connectivity index (χ4v) is 3.98. The predicted octanol–water partition coefficient (Wildman–Crippen LogP) is 3.45. The summed E-state index contributed by atoms with van der Waals surface area (Å²) in [6.07, 6.45) is 6.73. The molecule has 1 saturated heterocycles. The predicted molar refractivity (Wildman–Crippen MR) is 100 cm³/mol. The number of aromatic nitrogens is 2. The van der Waals surface area contributed by atoms with Crippen LogP contribution in [0, 0.1) is 0 Å². The Hall–Kier alpha value is -1.78.